The molecule has 0 radical (unpaired) electrons. The molecule has 0 fully saturated rings. The largest absolute Gasteiger partial charge is 0.354 e. The van der Waals surface area contributed by atoms with Crippen LogP contribution in [0.1, 0.15) is 22.8 Å². The molecule has 9 rings (SSSR count). The van der Waals surface area contributed by atoms with Gasteiger partial charge in [0.05, 0.1) is 22.8 Å². The first kappa shape index (κ1) is 34.2. The molecule has 0 amide bonds. The van der Waals surface area contributed by atoms with Gasteiger partial charge in [0.15, 0.2) is 0 Å². The lowest BCUT2D eigenvalue weighted by Gasteiger charge is -2.07. The Bertz CT molecular complexity index is 2370. The molecule has 4 aromatic carbocycles. The fourth-order valence-corrected chi connectivity index (χ4v) is 8.32. The van der Waals surface area contributed by atoms with Crippen LogP contribution in [-0.2, 0) is 0 Å². The number of hydrogen-bond acceptors (Lipinski definition) is 2. The first-order valence-corrected chi connectivity index (χ1v) is 20.9. The van der Waals surface area contributed by atoms with Crippen molar-refractivity contribution in [3.05, 3.63) is 158 Å². The number of rotatable bonds is 4. The molecule has 3 aromatic heterocycles. The lowest BCUT2D eigenvalue weighted by molar-refractivity contribution is 1.31. The molecule has 2 aliphatic heterocycles. The van der Waals surface area contributed by atoms with Crippen molar-refractivity contribution in [2.24, 2.45) is 0 Å². The van der Waals surface area contributed by atoms with Crippen molar-refractivity contribution >= 4 is 137 Å². The molecule has 5 heterocycles. The molecule has 0 atom stereocenters. The summed E-state index contributed by atoms with van der Waals surface area (Å²) in [6, 6.07) is 43.4. The fraction of sp³-hybridized carbons (Fsp3) is 0. The van der Waals surface area contributed by atoms with Gasteiger partial charge in [-0.05, 0) is 210 Å². The number of hydrogen-bond donors (Lipinski definition) is 2. The third kappa shape index (κ3) is 6.60. The summed E-state index contributed by atoms with van der Waals surface area (Å²) in [5, 5.41) is 0. The minimum absolute atomic E-state index is 0.905. The van der Waals surface area contributed by atoms with Gasteiger partial charge in [-0.1, -0.05) is 48.5 Å². The molecule has 4 nitrogen and oxygen atoms in total. The van der Waals surface area contributed by atoms with E-state index in [1.807, 2.05) is 0 Å². The molecular formula is C44H26I4N4. The topological polar surface area (TPSA) is 57.4 Å². The summed E-state index contributed by atoms with van der Waals surface area (Å²) >= 11 is 9.46. The minimum Gasteiger partial charge on any atom is -0.354 e. The third-order valence-corrected chi connectivity index (χ3v) is 12.2. The van der Waals surface area contributed by atoms with Crippen molar-refractivity contribution in [2.75, 3.05) is 0 Å². The molecule has 8 heteroatoms. The molecule has 8 bridgehead atoms. The Morgan fingerprint density at radius 2 is 0.500 bits per heavy atom. The molecule has 0 saturated heterocycles. The molecule has 0 aliphatic carbocycles. The highest BCUT2D eigenvalue weighted by Crippen LogP contribution is 2.38. The van der Waals surface area contributed by atoms with Crippen molar-refractivity contribution in [1.82, 2.24) is 19.9 Å². The summed E-state index contributed by atoms with van der Waals surface area (Å²) in [6.07, 6.45) is 8.59. The van der Waals surface area contributed by atoms with E-state index in [1.54, 1.807) is 0 Å². The van der Waals surface area contributed by atoms with Gasteiger partial charge in [0.2, 0.25) is 0 Å². The van der Waals surface area contributed by atoms with Crippen LogP contribution in [0.15, 0.2) is 121 Å². The highest BCUT2D eigenvalue weighted by Gasteiger charge is 2.19. The molecule has 7 aromatic rings. The van der Waals surface area contributed by atoms with E-state index in [4.69, 9.17) is 9.97 Å². The Morgan fingerprint density at radius 3 is 0.712 bits per heavy atom. The zero-order chi connectivity index (χ0) is 35.3. The lowest BCUT2D eigenvalue weighted by Crippen LogP contribution is -1.90. The maximum absolute atomic E-state index is 5.41. The monoisotopic (exact) mass is 1120 g/mol. The molecule has 0 spiro atoms. The smallest absolute Gasteiger partial charge is 0.0737 e. The van der Waals surface area contributed by atoms with Crippen molar-refractivity contribution in [3.63, 3.8) is 0 Å². The van der Waals surface area contributed by atoms with E-state index >= 15 is 0 Å². The molecule has 2 N–H and O–H groups in total. The van der Waals surface area contributed by atoms with Crippen LogP contribution in [0, 0.1) is 14.3 Å². The Hall–Kier alpha value is -3.60. The van der Waals surface area contributed by atoms with Crippen LogP contribution in [0.2, 0.25) is 0 Å². The summed E-state index contributed by atoms with van der Waals surface area (Å²) in [4.78, 5) is 18.5. The maximum Gasteiger partial charge on any atom is 0.0737 e. The maximum atomic E-state index is 5.41. The summed E-state index contributed by atoms with van der Waals surface area (Å²) < 4.78 is 4.74. The Balaban J connectivity index is 1.47. The second-order valence-corrected chi connectivity index (χ2v) is 17.5. The molecule has 0 saturated carbocycles. The second kappa shape index (κ2) is 14.3. The Morgan fingerprint density at radius 1 is 0.288 bits per heavy atom. The van der Waals surface area contributed by atoms with Gasteiger partial charge in [0.25, 0.3) is 0 Å². The van der Waals surface area contributed by atoms with Crippen LogP contribution < -0.4 is 0 Å². The van der Waals surface area contributed by atoms with E-state index in [0.29, 0.717) is 0 Å². The van der Waals surface area contributed by atoms with Crippen LogP contribution in [0.3, 0.4) is 0 Å². The summed E-state index contributed by atoms with van der Waals surface area (Å²) in [7, 11) is 0. The van der Waals surface area contributed by atoms with E-state index in [2.05, 4.69) is 246 Å². The van der Waals surface area contributed by atoms with Gasteiger partial charge in [-0.25, -0.2) is 9.97 Å². The Kier molecular flexibility index (Phi) is 9.42. The predicted molar refractivity (Wildman–Crippen MR) is 251 cm³/mol. The predicted octanol–water partition coefficient (Wildman–Crippen LogP) is 13.7. The first-order valence-electron chi connectivity index (χ1n) is 16.6. The molecule has 2 aliphatic rings. The average molecular weight is 1120 g/mol. The first-order chi connectivity index (χ1) is 25.4. The number of aromatic nitrogens is 4. The van der Waals surface area contributed by atoms with Gasteiger partial charge in [-0.2, -0.15) is 0 Å². The molecule has 250 valence electrons. The average Bonchev–Trinajstić information content (AvgIpc) is 3.99. The van der Waals surface area contributed by atoms with Crippen LogP contribution >= 0.6 is 90.4 Å². The van der Waals surface area contributed by atoms with Crippen LogP contribution in [0.25, 0.3) is 90.9 Å². The molecule has 0 unspecified atom stereocenters. The number of aromatic amines is 2. The van der Waals surface area contributed by atoms with Gasteiger partial charge in [-0.3, -0.25) is 0 Å². The normalized spacial score (nSPS) is 12.1. The van der Waals surface area contributed by atoms with Gasteiger partial charge in [-0.15, -0.1) is 0 Å². The van der Waals surface area contributed by atoms with E-state index in [0.717, 1.165) is 89.4 Å². The summed E-state index contributed by atoms with van der Waals surface area (Å²) in [5.41, 5.74) is 16.1. The summed E-state index contributed by atoms with van der Waals surface area (Å²) in [5.74, 6) is 0. The second-order valence-electron chi connectivity index (χ2n) is 12.5. The molecular weight excluding hydrogens is 1090 g/mol. The highest BCUT2D eigenvalue weighted by atomic mass is 127. The van der Waals surface area contributed by atoms with Crippen molar-refractivity contribution in [1.29, 1.82) is 0 Å². The quantitative estimate of drug-likeness (QED) is 0.173. The van der Waals surface area contributed by atoms with E-state index in [1.165, 1.54) is 14.3 Å². The van der Waals surface area contributed by atoms with Gasteiger partial charge >= 0.3 is 0 Å². The number of benzene rings is 4. The van der Waals surface area contributed by atoms with E-state index in [9.17, 15) is 0 Å². The highest BCUT2D eigenvalue weighted by molar-refractivity contribution is 14.1. The minimum atomic E-state index is 0.905. The number of nitrogens with zero attached hydrogens (tertiary/aromatic N) is 2. The van der Waals surface area contributed by atoms with Crippen LogP contribution in [-0.4, -0.2) is 19.9 Å². The number of halogens is 4. The number of H-pyrrole nitrogens is 2. The van der Waals surface area contributed by atoms with Gasteiger partial charge in [0, 0.05) is 58.6 Å². The fourth-order valence-electron chi connectivity index (χ4n) is 6.89. The lowest BCUT2D eigenvalue weighted by atomic mass is 10.0. The van der Waals surface area contributed by atoms with Crippen molar-refractivity contribution in [2.45, 2.75) is 0 Å². The van der Waals surface area contributed by atoms with Crippen molar-refractivity contribution < 1.29 is 0 Å². The molecule has 52 heavy (non-hydrogen) atoms. The SMILES string of the molecule is Ic1ccc(-c2c3nc(c(-c4ccc(I)cc4)c4ccc([nH]4)c(-c4ccc(I)cc4)c4nc(c(-c5ccc(I)cc5)c5ccc2[nH]5)C=C4)C=C3)cc1. The zero-order valence-corrected chi connectivity index (χ0v) is 35.9. The zero-order valence-electron chi connectivity index (χ0n) is 27.3. The van der Waals surface area contributed by atoms with Crippen molar-refractivity contribution in [3.8, 4) is 44.5 Å². The van der Waals surface area contributed by atoms with Gasteiger partial charge < -0.3 is 9.97 Å². The van der Waals surface area contributed by atoms with Gasteiger partial charge in [0.1, 0.15) is 0 Å². The van der Waals surface area contributed by atoms with Crippen LogP contribution in [0.5, 0.6) is 0 Å². The number of fused-ring (bicyclic) bond motifs is 8. The standard InChI is InChI=1S/C44H26I4N4/c45-29-9-1-25(2-10-29)41-33-17-19-35(49-33)42(26-3-11-30(46)12-4-26)37-21-23-39(51-37)44(28-7-15-32(48)16-8-28)40-24-22-38(52-40)43(36-20-18-34(41)50-36)27-5-13-31(47)14-6-27/h1-24,49,52H. The Labute approximate surface area is 355 Å². The third-order valence-electron chi connectivity index (χ3n) is 9.29. The number of nitrogens with one attached hydrogen (secondary N) is 2. The summed E-state index contributed by atoms with van der Waals surface area (Å²) in [6.45, 7) is 0. The van der Waals surface area contributed by atoms with E-state index in [-0.39, 0.29) is 0 Å². The van der Waals surface area contributed by atoms with Crippen LogP contribution in [0.4, 0.5) is 0 Å². The van der Waals surface area contributed by atoms with E-state index < -0.39 is 0 Å².